The predicted octanol–water partition coefficient (Wildman–Crippen LogP) is 2.45. The van der Waals surface area contributed by atoms with Crippen LogP contribution in [0.4, 0.5) is 0 Å². The molecule has 1 unspecified atom stereocenters. The molecule has 0 saturated heterocycles. The van der Waals surface area contributed by atoms with Crippen molar-refractivity contribution in [3.63, 3.8) is 0 Å². The molecule has 1 aromatic rings. The lowest BCUT2D eigenvalue weighted by Crippen LogP contribution is -2.33. The minimum atomic E-state index is -0.493. The molecule has 0 fully saturated rings. The van der Waals surface area contributed by atoms with Gasteiger partial charge in [0.05, 0.1) is 12.7 Å². The predicted molar refractivity (Wildman–Crippen MR) is 78.2 cm³/mol. The average Bonchev–Trinajstić information content (AvgIpc) is 2.35. The highest BCUT2D eigenvalue weighted by Crippen LogP contribution is 2.16. The van der Waals surface area contributed by atoms with Gasteiger partial charge in [0.1, 0.15) is 5.75 Å². The molecule has 19 heavy (non-hydrogen) atoms. The number of nitrogens with zero attached hydrogens (tertiary/aromatic N) is 1. The Labute approximate surface area is 122 Å². The maximum atomic E-state index is 11.7. The first kappa shape index (κ1) is 16.0. The SMILES string of the molecule is CC(O)CN(C)C(=O)CCCOc1ccc(Br)cc1. The number of benzene rings is 1. The van der Waals surface area contributed by atoms with Crippen molar-refractivity contribution in [1.82, 2.24) is 4.90 Å². The van der Waals surface area contributed by atoms with Gasteiger partial charge < -0.3 is 14.7 Å². The number of aliphatic hydroxyl groups excluding tert-OH is 1. The van der Waals surface area contributed by atoms with E-state index in [0.717, 1.165) is 10.2 Å². The van der Waals surface area contributed by atoms with E-state index >= 15 is 0 Å². The molecule has 0 aliphatic rings. The van der Waals surface area contributed by atoms with E-state index in [4.69, 9.17) is 4.74 Å². The normalized spacial score (nSPS) is 12.0. The first-order valence-electron chi connectivity index (χ1n) is 6.29. The van der Waals surface area contributed by atoms with Crippen molar-refractivity contribution < 1.29 is 14.6 Å². The molecule has 0 heterocycles. The summed E-state index contributed by atoms with van der Waals surface area (Å²) in [5, 5.41) is 9.19. The van der Waals surface area contributed by atoms with Crippen LogP contribution in [0.3, 0.4) is 0 Å². The standard InChI is InChI=1S/C14H20BrNO3/c1-11(17)10-16(2)14(18)4-3-9-19-13-7-5-12(15)6-8-13/h5-8,11,17H,3-4,9-10H2,1-2H3. The summed E-state index contributed by atoms with van der Waals surface area (Å²) in [7, 11) is 1.70. The fraction of sp³-hybridized carbons (Fsp3) is 0.500. The first-order chi connectivity index (χ1) is 8.99. The summed E-state index contributed by atoms with van der Waals surface area (Å²) in [5.41, 5.74) is 0. The van der Waals surface area contributed by atoms with Crippen LogP contribution in [0.25, 0.3) is 0 Å². The fourth-order valence-corrected chi connectivity index (χ4v) is 1.90. The molecule has 1 aromatic carbocycles. The van der Waals surface area contributed by atoms with Crippen LogP contribution < -0.4 is 4.74 Å². The second-order valence-electron chi connectivity index (χ2n) is 4.53. The van der Waals surface area contributed by atoms with E-state index in [2.05, 4.69) is 15.9 Å². The second kappa shape index (κ2) is 8.17. The van der Waals surface area contributed by atoms with Crippen LogP contribution in [0.1, 0.15) is 19.8 Å². The summed E-state index contributed by atoms with van der Waals surface area (Å²) in [6, 6.07) is 7.59. The zero-order valence-corrected chi connectivity index (χ0v) is 12.9. The maximum absolute atomic E-state index is 11.7. The van der Waals surface area contributed by atoms with E-state index in [1.54, 1.807) is 18.9 Å². The molecule has 0 radical (unpaired) electrons. The summed E-state index contributed by atoms with van der Waals surface area (Å²) >= 11 is 3.36. The van der Waals surface area contributed by atoms with E-state index in [0.29, 0.717) is 26.0 Å². The summed E-state index contributed by atoms with van der Waals surface area (Å²) in [6.07, 6.45) is 0.603. The summed E-state index contributed by atoms with van der Waals surface area (Å²) in [4.78, 5) is 13.2. The maximum Gasteiger partial charge on any atom is 0.222 e. The number of carbonyl (C=O) groups excluding carboxylic acids is 1. The van der Waals surface area contributed by atoms with Crippen LogP contribution in [0.15, 0.2) is 28.7 Å². The number of halogens is 1. The van der Waals surface area contributed by atoms with Crippen molar-refractivity contribution in [1.29, 1.82) is 0 Å². The van der Waals surface area contributed by atoms with E-state index in [-0.39, 0.29) is 5.91 Å². The van der Waals surface area contributed by atoms with Gasteiger partial charge in [-0.1, -0.05) is 15.9 Å². The Balaban J connectivity index is 2.20. The first-order valence-corrected chi connectivity index (χ1v) is 7.08. The number of carbonyl (C=O) groups is 1. The molecule has 106 valence electrons. The minimum absolute atomic E-state index is 0.0281. The van der Waals surface area contributed by atoms with Gasteiger partial charge in [0.25, 0.3) is 0 Å². The van der Waals surface area contributed by atoms with Gasteiger partial charge >= 0.3 is 0 Å². The van der Waals surface area contributed by atoms with Crippen LogP contribution >= 0.6 is 15.9 Å². The van der Waals surface area contributed by atoms with Gasteiger partial charge in [-0.25, -0.2) is 0 Å². The number of rotatable bonds is 7. The Morgan fingerprint density at radius 3 is 2.63 bits per heavy atom. The summed E-state index contributed by atoms with van der Waals surface area (Å²) < 4.78 is 6.54. The topological polar surface area (TPSA) is 49.8 Å². The van der Waals surface area contributed by atoms with Gasteiger partial charge in [0, 0.05) is 24.5 Å². The van der Waals surface area contributed by atoms with Gasteiger partial charge in [-0.05, 0) is 37.6 Å². The number of aliphatic hydroxyl groups is 1. The monoisotopic (exact) mass is 329 g/mol. The molecule has 0 saturated carbocycles. The fourth-order valence-electron chi connectivity index (χ4n) is 1.63. The molecule has 1 rings (SSSR count). The zero-order valence-electron chi connectivity index (χ0n) is 11.3. The molecule has 1 atom stereocenters. The van der Waals surface area contributed by atoms with Gasteiger partial charge in [-0.15, -0.1) is 0 Å². The third-order valence-corrected chi connectivity index (χ3v) is 3.11. The van der Waals surface area contributed by atoms with E-state index in [1.165, 1.54) is 0 Å². The number of likely N-dealkylation sites (N-methyl/N-ethyl adjacent to an activating group) is 1. The molecule has 1 N–H and O–H groups in total. The molecule has 5 heteroatoms. The van der Waals surface area contributed by atoms with Gasteiger partial charge in [-0.2, -0.15) is 0 Å². The van der Waals surface area contributed by atoms with E-state index < -0.39 is 6.10 Å². The minimum Gasteiger partial charge on any atom is -0.494 e. The van der Waals surface area contributed by atoms with Crippen molar-refractivity contribution in [3.05, 3.63) is 28.7 Å². The lowest BCUT2D eigenvalue weighted by atomic mass is 10.2. The molecule has 0 aliphatic heterocycles. The van der Waals surface area contributed by atoms with Crippen molar-refractivity contribution in [2.45, 2.75) is 25.9 Å². The Morgan fingerprint density at radius 2 is 2.05 bits per heavy atom. The van der Waals surface area contributed by atoms with Crippen LogP contribution in [0.2, 0.25) is 0 Å². The van der Waals surface area contributed by atoms with Crippen molar-refractivity contribution in [3.8, 4) is 5.75 Å². The molecular formula is C14H20BrNO3. The lowest BCUT2D eigenvalue weighted by molar-refractivity contribution is -0.131. The Bertz CT molecular complexity index is 392. The molecule has 0 spiro atoms. The van der Waals surface area contributed by atoms with Crippen LogP contribution in [0, 0.1) is 0 Å². The number of hydrogen-bond acceptors (Lipinski definition) is 3. The third kappa shape index (κ3) is 6.59. The highest BCUT2D eigenvalue weighted by molar-refractivity contribution is 9.10. The highest BCUT2D eigenvalue weighted by Gasteiger charge is 2.10. The summed E-state index contributed by atoms with van der Waals surface area (Å²) in [5.74, 6) is 0.827. The largest absolute Gasteiger partial charge is 0.494 e. The Morgan fingerprint density at radius 1 is 1.42 bits per heavy atom. The molecule has 0 aliphatic carbocycles. The van der Waals surface area contributed by atoms with Crippen LogP contribution in [-0.4, -0.2) is 42.2 Å². The van der Waals surface area contributed by atoms with Crippen molar-refractivity contribution in [2.24, 2.45) is 0 Å². The van der Waals surface area contributed by atoms with Crippen molar-refractivity contribution in [2.75, 3.05) is 20.2 Å². The van der Waals surface area contributed by atoms with Gasteiger partial charge in [0.15, 0.2) is 0 Å². The summed E-state index contributed by atoms with van der Waals surface area (Å²) in [6.45, 7) is 2.54. The molecule has 1 amide bonds. The zero-order chi connectivity index (χ0) is 14.3. The van der Waals surface area contributed by atoms with Gasteiger partial charge in [-0.3, -0.25) is 4.79 Å². The van der Waals surface area contributed by atoms with E-state index in [1.807, 2.05) is 24.3 Å². The molecule has 0 bridgehead atoms. The average molecular weight is 330 g/mol. The molecular weight excluding hydrogens is 310 g/mol. The third-order valence-electron chi connectivity index (χ3n) is 2.58. The Kier molecular flexibility index (Phi) is 6.87. The quantitative estimate of drug-likeness (QED) is 0.782. The number of ether oxygens (including phenoxy) is 1. The second-order valence-corrected chi connectivity index (χ2v) is 5.44. The lowest BCUT2D eigenvalue weighted by Gasteiger charge is -2.18. The van der Waals surface area contributed by atoms with E-state index in [9.17, 15) is 9.90 Å². The van der Waals surface area contributed by atoms with Crippen LogP contribution in [-0.2, 0) is 4.79 Å². The number of hydrogen-bond donors (Lipinski definition) is 1. The number of amides is 1. The highest BCUT2D eigenvalue weighted by atomic mass is 79.9. The smallest absolute Gasteiger partial charge is 0.222 e. The Hall–Kier alpha value is -1.07. The molecule has 0 aromatic heterocycles. The van der Waals surface area contributed by atoms with Crippen molar-refractivity contribution >= 4 is 21.8 Å². The van der Waals surface area contributed by atoms with Crippen LogP contribution in [0.5, 0.6) is 5.75 Å². The van der Waals surface area contributed by atoms with Gasteiger partial charge in [0.2, 0.25) is 5.91 Å². The molecule has 4 nitrogen and oxygen atoms in total.